The van der Waals surface area contributed by atoms with Gasteiger partial charge in [-0.2, -0.15) is 0 Å². The van der Waals surface area contributed by atoms with Gasteiger partial charge in [0.1, 0.15) is 5.82 Å². The maximum atomic E-state index is 13.4. The van der Waals surface area contributed by atoms with E-state index in [1.165, 1.54) is 31.0 Å². The summed E-state index contributed by atoms with van der Waals surface area (Å²) in [5.41, 5.74) is 2.26. The summed E-state index contributed by atoms with van der Waals surface area (Å²) >= 11 is 0. The Morgan fingerprint density at radius 2 is 1.55 bits per heavy atom. The smallest absolute Gasteiger partial charge is 0.319 e. The van der Waals surface area contributed by atoms with Crippen LogP contribution in [0.15, 0.2) is 78.9 Å². The molecule has 170 valence electrons. The van der Waals surface area contributed by atoms with Gasteiger partial charge in [-0.15, -0.1) is 0 Å². The first-order chi connectivity index (χ1) is 16.1. The number of likely N-dealkylation sites (tertiary alicyclic amines) is 1. The average Bonchev–Trinajstić information content (AvgIpc) is 3.32. The molecule has 1 unspecified atom stereocenters. The van der Waals surface area contributed by atoms with Crippen molar-refractivity contribution in [1.82, 2.24) is 10.2 Å². The largest absolute Gasteiger partial charge is 0.330 e. The molecule has 0 radical (unpaired) electrons. The molecule has 33 heavy (non-hydrogen) atoms. The predicted molar refractivity (Wildman–Crippen MR) is 128 cm³/mol. The minimum Gasteiger partial charge on any atom is -0.330 e. The van der Waals surface area contributed by atoms with Crippen LogP contribution in [0, 0.1) is 5.82 Å². The normalized spacial score (nSPS) is 14.5. The quantitative estimate of drug-likeness (QED) is 0.476. The van der Waals surface area contributed by atoms with Crippen molar-refractivity contribution >= 4 is 23.3 Å². The molecule has 0 bridgehead atoms. The molecule has 1 aliphatic rings. The van der Waals surface area contributed by atoms with Gasteiger partial charge in [0.15, 0.2) is 0 Å². The van der Waals surface area contributed by atoms with Gasteiger partial charge < -0.3 is 20.9 Å². The van der Waals surface area contributed by atoms with E-state index < -0.39 is 5.82 Å². The fourth-order valence-corrected chi connectivity index (χ4v) is 3.98. The third-order valence-corrected chi connectivity index (χ3v) is 5.61. The number of hydrogen-bond acceptors (Lipinski definition) is 3. The third kappa shape index (κ3) is 6.40. The number of hydrogen-bond donors (Lipinski definition) is 3. The van der Waals surface area contributed by atoms with Crippen LogP contribution < -0.4 is 16.0 Å². The van der Waals surface area contributed by atoms with E-state index in [-0.39, 0.29) is 18.0 Å². The van der Waals surface area contributed by atoms with Crippen LogP contribution in [0.2, 0.25) is 0 Å². The lowest BCUT2D eigenvalue weighted by molar-refractivity contribution is 0.102. The molecule has 0 spiro atoms. The molecule has 3 aromatic rings. The van der Waals surface area contributed by atoms with E-state index in [0.717, 1.165) is 25.2 Å². The number of benzene rings is 3. The number of nitrogens with zero attached hydrogens (tertiary/aromatic N) is 1. The standard InChI is InChI=1S/C26H27FN4O2/c27-21-11-7-13-23(17-21)28-25(32)20-10-6-12-22(16-20)29-26(33)30-24(18-31-14-4-5-15-31)19-8-2-1-3-9-19/h1-3,6-13,16-17,24H,4-5,14-15,18H2,(H,28,32)(H2,29,30,33). The highest BCUT2D eigenvalue weighted by atomic mass is 19.1. The number of carbonyl (C=O) groups excluding carboxylic acids is 2. The molecule has 3 aromatic carbocycles. The first kappa shape index (κ1) is 22.5. The molecule has 1 heterocycles. The zero-order valence-corrected chi connectivity index (χ0v) is 18.3. The minimum atomic E-state index is -0.429. The SMILES string of the molecule is O=C(Nc1cccc(C(=O)Nc2cccc(F)c2)c1)NC(CN1CCCC1)c1ccccc1. The monoisotopic (exact) mass is 446 g/mol. The average molecular weight is 447 g/mol. The van der Waals surface area contributed by atoms with Crippen LogP contribution in [-0.4, -0.2) is 36.5 Å². The first-order valence-corrected chi connectivity index (χ1v) is 11.1. The van der Waals surface area contributed by atoms with E-state index in [9.17, 15) is 14.0 Å². The van der Waals surface area contributed by atoms with Crippen LogP contribution in [-0.2, 0) is 0 Å². The highest BCUT2D eigenvalue weighted by Gasteiger charge is 2.21. The van der Waals surface area contributed by atoms with E-state index in [0.29, 0.717) is 16.9 Å². The highest BCUT2D eigenvalue weighted by Crippen LogP contribution is 2.19. The van der Waals surface area contributed by atoms with Gasteiger partial charge in [0.25, 0.3) is 5.91 Å². The van der Waals surface area contributed by atoms with Crippen molar-refractivity contribution in [3.8, 4) is 0 Å². The summed E-state index contributed by atoms with van der Waals surface area (Å²) in [5, 5.41) is 8.56. The van der Waals surface area contributed by atoms with Crippen LogP contribution >= 0.6 is 0 Å². The summed E-state index contributed by atoms with van der Waals surface area (Å²) in [6, 6.07) is 21.7. The Bertz CT molecular complexity index is 1100. The Hall–Kier alpha value is -3.71. The number of nitrogens with one attached hydrogen (secondary N) is 3. The Morgan fingerprint density at radius 3 is 2.27 bits per heavy atom. The molecule has 3 amide bonds. The molecule has 1 atom stereocenters. The molecule has 0 aliphatic carbocycles. The maximum Gasteiger partial charge on any atom is 0.319 e. The summed E-state index contributed by atoms with van der Waals surface area (Å²) in [7, 11) is 0. The van der Waals surface area contributed by atoms with Crippen LogP contribution in [0.5, 0.6) is 0 Å². The minimum absolute atomic E-state index is 0.149. The predicted octanol–water partition coefficient (Wildman–Crippen LogP) is 5.04. The number of rotatable bonds is 7. The van der Waals surface area contributed by atoms with E-state index in [2.05, 4.69) is 20.9 Å². The van der Waals surface area contributed by atoms with Gasteiger partial charge in [0.2, 0.25) is 0 Å². The molecular formula is C26H27FN4O2. The zero-order valence-electron chi connectivity index (χ0n) is 18.3. The number of halogens is 1. The lowest BCUT2D eigenvalue weighted by Gasteiger charge is -2.25. The van der Waals surface area contributed by atoms with Gasteiger partial charge in [-0.1, -0.05) is 42.5 Å². The van der Waals surface area contributed by atoms with Crippen molar-refractivity contribution in [2.24, 2.45) is 0 Å². The summed E-state index contributed by atoms with van der Waals surface area (Å²) < 4.78 is 13.4. The summed E-state index contributed by atoms with van der Waals surface area (Å²) in [6.45, 7) is 2.82. The Kier molecular flexibility index (Phi) is 7.32. The number of anilines is 2. The molecule has 6 nitrogen and oxygen atoms in total. The van der Waals surface area contributed by atoms with Gasteiger partial charge in [-0.05, 0) is 67.9 Å². The topological polar surface area (TPSA) is 73.5 Å². The molecule has 4 rings (SSSR count). The fraction of sp³-hybridized carbons (Fsp3) is 0.231. The van der Waals surface area contributed by atoms with Crippen LogP contribution in [0.3, 0.4) is 0 Å². The van der Waals surface area contributed by atoms with Crippen LogP contribution in [0.1, 0.15) is 34.8 Å². The van der Waals surface area contributed by atoms with E-state index in [1.807, 2.05) is 30.3 Å². The highest BCUT2D eigenvalue weighted by molar-refractivity contribution is 6.05. The summed E-state index contributed by atoms with van der Waals surface area (Å²) in [4.78, 5) is 27.7. The molecule has 3 N–H and O–H groups in total. The Labute approximate surface area is 192 Å². The second-order valence-electron chi connectivity index (χ2n) is 8.11. The molecule has 0 aromatic heterocycles. The van der Waals surface area contributed by atoms with Crippen molar-refractivity contribution in [1.29, 1.82) is 0 Å². The Morgan fingerprint density at radius 1 is 0.848 bits per heavy atom. The van der Waals surface area contributed by atoms with Gasteiger partial charge in [0, 0.05) is 23.5 Å². The lowest BCUT2D eigenvalue weighted by atomic mass is 10.1. The molecular weight excluding hydrogens is 419 g/mol. The fourth-order valence-electron chi connectivity index (χ4n) is 3.98. The van der Waals surface area contributed by atoms with Crippen LogP contribution in [0.4, 0.5) is 20.6 Å². The molecule has 0 saturated carbocycles. The molecule has 1 fully saturated rings. The number of urea groups is 1. The number of amides is 3. The van der Waals surface area contributed by atoms with Crippen molar-refractivity contribution in [3.05, 3.63) is 95.8 Å². The maximum absolute atomic E-state index is 13.4. The zero-order chi connectivity index (χ0) is 23.0. The van der Waals surface area contributed by atoms with Crippen molar-refractivity contribution in [3.63, 3.8) is 0 Å². The lowest BCUT2D eigenvalue weighted by Crippen LogP contribution is -2.39. The van der Waals surface area contributed by atoms with Crippen molar-refractivity contribution in [2.75, 3.05) is 30.3 Å². The van der Waals surface area contributed by atoms with E-state index in [4.69, 9.17) is 0 Å². The van der Waals surface area contributed by atoms with Gasteiger partial charge in [-0.25, -0.2) is 9.18 Å². The molecule has 7 heteroatoms. The van der Waals surface area contributed by atoms with E-state index in [1.54, 1.807) is 30.3 Å². The van der Waals surface area contributed by atoms with Gasteiger partial charge in [-0.3, -0.25) is 4.79 Å². The van der Waals surface area contributed by atoms with Crippen LogP contribution in [0.25, 0.3) is 0 Å². The second-order valence-corrected chi connectivity index (χ2v) is 8.11. The van der Waals surface area contributed by atoms with E-state index >= 15 is 0 Å². The molecule has 1 aliphatic heterocycles. The Balaban J connectivity index is 1.41. The summed E-state index contributed by atoms with van der Waals surface area (Å²) in [6.07, 6.45) is 2.36. The number of carbonyl (C=O) groups is 2. The first-order valence-electron chi connectivity index (χ1n) is 11.1. The second kappa shape index (κ2) is 10.7. The summed E-state index contributed by atoms with van der Waals surface area (Å²) in [5.74, 6) is -0.817. The van der Waals surface area contributed by atoms with Crippen molar-refractivity contribution in [2.45, 2.75) is 18.9 Å². The molecule has 1 saturated heterocycles. The third-order valence-electron chi connectivity index (χ3n) is 5.61. The van der Waals surface area contributed by atoms with Crippen molar-refractivity contribution < 1.29 is 14.0 Å². The van der Waals surface area contributed by atoms with Gasteiger partial charge in [0.05, 0.1) is 6.04 Å². The van der Waals surface area contributed by atoms with Gasteiger partial charge >= 0.3 is 6.03 Å².